The molecule has 4 rings (SSSR count). The van der Waals surface area contributed by atoms with Crippen molar-refractivity contribution in [2.45, 2.75) is 257 Å². The van der Waals surface area contributed by atoms with Gasteiger partial charge in [-0.2, -0.15) is 0 Å². The zero-order valence-electron chi connectivity index (χ0n) is 41.1. The minimum atomic E-state index is -4.52. The number of para-hydroxylation sites is 4. The zero-order valence-corrected chi connectivity index (χ0v) is 44.9. The smallest absolute Gasteiger partial charge is 0.731 e. The maximum absolute atomic E-state index is 11.7. The van der Waals surface area contributed by atoms with Gasteiger partial charge in [-0.1, -0.05) is 244 Å². The molecule has 0 saturated carbocycles. The van der Waals surface area contributed by atoms with Crippen molar-refractivity contribution in [3.05, 3.63) is 48.5 Å². The van der Waals surface area contributed by atoms with Gasteiger partial charge in [0.25, 0.3) is 0 Å². The van der Waals surface area contributed by atoms with Gasteiger partial charge in [0.15, 0.2) is 20.6 Å². The van der Waals surface area contributed by atoms with Gasteiger partial charge in [0.2, 0.25) is 0 Å². The van der Waals surface area contributed by atoms with Crippen molar-refractivity contribution < 1.29 is 25.9 Å². The minimum Gasteiger partial charge on any atom is -0.731 e. The second-order valence-corrected chi connectivity index (χ2v) is 21.3. The number of nitrogens with zero attached hydrogens (tertiary/aromatic N) is 2. The second-order valence-electron chi connectivity index (χ2n) is 18.8. The molecule has 2 heterocycles. The summed E-state index contributed by atoms with van der Waals surface area (Å²) in [5.74, 6) is 0. The summed E-state index contributed by atoms with van der Waals surface area (Å²) >= 11 is 0. The van der Waals surface area contributed by atoms with Crippen molar-refractivity contribution >= 4 is 81.1 Å². The average molecular weight is 972 g/mol. The van der Waals surface area contributed by atoms with Gasteiger partial charge in [-0.25, -0.2) is 16.8 Å². The minimum absolute atomic E-state index is 0. The molecule has 2 unspecified atom stereocenters. The molecule has 2 aromatic rings. The van der Waals surface area contributed by atoms with Gasteiger partial charge in [0, 0.05) is 0 Å². The molecule has 2 N–H and O–H groups in total. The number of rotatable bonds is 38. The van der Waals surface area contributed by atoms with E-state index >= 15 is 0 Å². The summed E-state index contributed by atoms with van der Waals surface area (Å²) in [4.78, 5) is 0. The molecule has 2 atom stereocenters. The van der Waals surface area contributed by atoms with Crippen molar-refractivity contribution in [3.63, 3.8) is 0 Å². The van der Waals surface area contributed by atoms with Crippen LogP contribution in [0.3, 0.4) is 0 Å². The number of hydrogen-bond donors (Lipinski definition) is 2. The number of nitrogens with one attached hydrogen (secondary N) is 2. The Morgan fingerprint density at radius 3 is 0.831 bits per heavy atom. The first kappa shape index (κ1) is 59.8. The Kier molecular flexibility index (Phi) is 33.8. The fourth-order valence-corrected chi connectivity index (χ4v) is 11.2. The van der Waals surface area contributed by atoms with Crippen LogP contribution < -0.4 is 19.2 Å². The van der Waals surface area contributed by atoms with Gasteiger partial charge in [0.05, 0.1) is 22.7 Å². The summed E-state index contributed by atoms with van der Waals surface area (Å²) in [6, 6.07) is 14.2. The number of unbranched alkanes of at least 4 members (excludes halogenated alkanes) is 32. The van der Waals surface area contributed by atoms with E-state index in [0.717, 1.165) is 45.7 Å². The number of anilines is 4. The topological polar surface area (TPSA) is 145 Å². The maximum atomic E-state index is 11.7. The van der Waals surface area contributed by atoms with Crippen LogP contribution in [0.25, 0.3) is 0 Å². The number of benzene rings is 2. The van der Waals surface area contributed by atoms with E-state index in [4.69, 9.17) is 0 Å². The molecule has 13 heteroatoms. The van der Waals surface area contributed by atoms with Crippen molar-refractivity contribution in [3.8, 4) is 0 Å². The van der Waals surface area contributed by atoms with Gasteiger partial charge in [-0.05, 0) is 49.9 Å². The van der Waals surface area contributed by atoms with Crippen LogP contribution in [0, 0.1) is 0 Å². The molecule has 2 aliphatic heterocycles. The first-order valence-corrected chi connectivity index (χ1v) is 29.0. The average Bonchev–Trinajstić information content (AvgIpc) is 3.85. The van der Waals surface area contributed by atoms with E-state index in [2.05, 4.69) is 24.5 Å². The van der Waals surface area contributed by atoms with Crippen LogP contribution in [0.4, 0.5) is 22.7 Å². The van der Waals surface area contributed by atoms with Crippen LogP contribution in [0.1, 0.15) is 245 Å². The zero-order chi connectivity index (χ0) is 46.1. The molecule has 65 heavy (non-hydrogen) atoms. The van der Waals surface area contributed by atoms with Gasteiger partial charge >= 0.3 is 37.7 Å². The summed E-state index contributed by atoms with van der Waals surface area (Å²) in [5, 5.41) is 6.38. The number of fused-ring (bicyclic) bond motifs is 2. The molecule has 0 spiro atoms. The van der Waals surface area contributed by atoms with Crippen LogP contribution in [-0.4, -0.2) is 76.0 Å². The Hall–Kier alpha value is -1.28. The largest absolute Gasteiger partial charge is 2.00 e. The van der Waals surface area contributed by atoms with Gasteiger partial charge in [0.1, 0.15) is 12.3 Å². The van der Waals surface area contributed by atoms with E-state index in [1.54, 1.807) is 24.3 Å². The first-order chi connectivity index (χ1) is 31.1. The molecule has 0 saturated heterocycles. The molecule has 0 radical (unpaired) electrons. The van der Waals surface area contributed by atoms with Crippen LogP contribution in [0.5, 0.6) is 0 Å². The summed E-state index contributed by atoms with van der Waals surface area (Å²) < 4.78 is 72.3. The first-order valence-electron chi connectivity index (χ1n) is 26.3. The van der Waals surface area contributed by atoms with Crippen LogP contribution in [0.2, 0.25) is 0 Å². The van der Waals surface area contributed by atoms with E-state index in [0.29, 0.717) is 24.2 Å². The Labute approximate surface area is 428 Å². The van der Waals surface area contributed by atoms with Crippen molar-refractivity contribution in [2.75, 3.05) is 19.2 Å². The molecule has 0 bridgehead atoms. The second kappa shape index (κ2) is 36.7. The van der Waals surface area contributed by atoms with E-state index in [-0.39, 0.29) is 37.7 Å². The van der Waals surface area contributed by atoms with Gasteiger partial charge in [-0.3, -0.25) is 8.61 Å². The Morgan fingerprint density at radius 2 is 0.600 bits per heavy atom. The summed E-state index contributed by atoms with van der Waals surface area (Å²) in [6.45, 7) is 4.55. The molecule has 0 aliphatic carbocycles. The predicted molar refractivity (Wildman–Crippen MR) is 275 cm³/mol. The van der Waals surface area contributed by atoms with E-state index in [1.807, 2.05) is 24.3 Å². The molecule has 368 valence electrons. The summed E-state index contributed by atoms with van der Waals surface area (Å²) in [7, 11) is -9.03. The SMILES string of the molecule is CCCCCCCCCCCCCCCCCCCC1Nc2ccccc2N1S(=O)(=O)[O-].CCCCCCCCCCCCCCCCCCCC1Nc2ccccc2N1S(=O)(=O)[O-].[Ca+2]. The molecule has 2 aromatic carbocycles. The molecule has 0 aromatic heterocycles. The third kappa shape index (κ3) is 25.8. The normalized spacial score (nSPS) is 15.4. The third-order valence-corrected chi connectivity index (χ3v) is 15.0. The van der Waals surface area contributed by atoms with Crippen molar-refractivity contribution in [1.82, 2.24) is 0 Å². The summed E-state index contributed by atoms with van der Waals surface area (Å²) in [5.41, 5.74) is 2.40. The van der Waals surface area contributed by atoms with Crippen molar-refractivity contribution in [2.24, 2.45) is 0 Å². The molecular formula is C52H90CaN4O6S2. The third-order valence-electron chi connectivity index (χ3n) is 13.1. The fourth-order valence-electron chi connectivity index (χ4n) is 9.44. The van der Waals surface area contributed by atoms with Gasteiger partial charge in [-0.15, -0.1) is 0 Å². The summed E-state index contributed by atoms with van der Waals surface area (Å²) in [6.07, 6.45) is 45.3. The quantitative estimate of drug-likeness (QED) is 0.0384. The Balaban J connectivity index is 0.000000440. The fraction of sp³-hybridized carbons (Fsp3) is 0.769. The van der Waals surface area contributed by atoms with E-state index in [9.17, 15) is 25.9 Å². The molecule has 0 fully saturated rings. The van der Waals surface area contributed by atoms with E-state index in [1.165, 1.54) is 193 Å². The van der Waals surface area contributed by atoms with Gasteiger partial charge < -0.3 is 19.7 Å². The monoisotopic (exact) mass is 971 g/mol. The molecule has 2 aliphatic rings. The predicted octanol–water partition coefficient (Wildman–Crippen LogP) is 15.1. The maximum Gasteiger partial charge on any atom is 2.00 e. The molecular weight excluding hydrogens is 881 g/mol. The standard InChI is InChI=1S/2C26H46N2O3S.Ca/c2*1-2-3-4-5-6-7-8-9-10-11-12-13-14-15-16-17-18-23-26-27-24-21-19-20-22-25(24)28(26)32(29,30)31;/h2*19-22,26-27H,2-18,23H2,1H3,(H,29,30,31);/q;;+2/p-2. The number of hydrogen-bond acceptors (Lipinski definition) is 8. The molecule has 0 amide bonds. The van der Waals surface area contributed by atoms with E-state index < -0.39 is 32.9 Å². The molecule has 10 nitrogen and oxygen atoms in total. The van der Waals surface area contributed by atoms with Crippen LogP contribution >= 0.6 is 0 Å². The van der Waals surface area contributed by atoms with Crippen LogP contribution in [0.15, 0.2) is 48.5 Å². The van der Waals surface area contributed by atoms with Crippen LogP contribution in [-0.2, 0) is 20.6 Å². The van der Waals surface area contributed by atoms with Crippen molar-refractivity contribution in [1.29, 1.82) is 0 Å². The Morgan fingerprint density at radius 1 is 0.385 bits per heavy atom. The Bertz CT molecular complexity index is 1580.